The van der Waals surface area contributed by atoms with Gasteiger partial charge < -0.3 is 14.7 Å². The zero-order valence-corrected chi connectivity index (χ0v) is 20.7. The summed E-state index contributed by atoms with van der Waals surface area (Å²) in [6.07, 6.45) is 4.55. The van der Waals surface area contributed by atoms with E-state index in [1.807, 2.05) is 41.3 Å². The molecule has 1 aliphatic heterocycles. The van der Waals surface area contributed by atoms with Crippen LogP contribution in [0.25, 0.3) is 11.1 Å². The lowest BCUT2D eigenvalue weighted by molar-refractivity contribution is 0.0691. The van der Waals surface area contributed by atoms with Crippen LogP contribution in [-0.4, -0.2) is 27.9 Å². The van der Waals surface area contributed by atoms with Crippen LogP contribution in [-0.2, 0) is 13.2 Å². The van der Waals surface area contributed by atoms with Crippen LogP contribution >= 0.6 is 27.5 Å². The van der Waals surface area contributed by atoms with Gasteiger partial charge in [0.25, 0.3) is 5.91 Å². The molecule has 2 aliphatic rings. The van der Waals surface area contributed by atoms with Crippen molar-refractivity contribution in [2.24, 2.45) is 0 Å². The molecule has 3 aromatic carbocycles. The molecule has 1 saturated carbocycles. The van der Waals surface area contributed by atoms with Crippen LogP contribution in [0.2, 0.25) is 5.02 Å². The number of carboxylic acid groups (broad SMARTS) is 1. The highest BCUT2D eigenvalue weighted by molar-refractivity contribution is 9.10. The first-order valence-corrected chi connectivity index (χ1v) is 12.5. The summed E-state index contributed by atoms with van der Waals surface area (Å²) in [7, 11) is 0. The van der Waals surface area contributed by atoms with Gasteiger partial charge in [0.2, 0.25) is 0 Å². The van der Waals surface area contributed by atoms with Crippen LogP contribution in [0.1, 0.15) is 57.5 Å². The fourth-order valence-electron chi connectivity index (χ4n) is 4.83. The highest BCUT2D eigenvalue weighted by Gasteiger charge is 2.34. The van der Waals surface area contributed by atoms with Gasteiger partial charge in [0.05, 0.1) is 15.1 Å². The third-order valence-electron chi connectivity index (χ3n) is 6.61. The monoisotopic (exact) mass is 539 g/mol. The Bertz CT molecular complexity index is 1290. The average Bonchev–Trinajstić information content (AvgIpc) is 3.46. The maximum atomic E-state index is 12.9. The Balaban J connectivity index is 1.33. The molecule has 5 nitrogen and oxygen atoms in total. The van der Waals surface area contributed by atoms with Gasteiger partial charge >= 0.3 is 5.97 Å². The van der Waals surface area contributed by atoms with Crippen LogP contribution in [0.3, 0.4) is 0 Å². The molecule has 0 radical (unpaired) electrons. The van der Waals surface area contributed by atoms with Gasteiger partial charge in [-0.25, -0.2) is 4.79 Å². The second-order valence-electron chi connectivity index (χ2n) is 8.80. The van der Waals surface area contributed by atoms with E-state index >= 15 is 0 Å². The molecule has 1 amide bonds. The topological polar surface area (TPSA) is 66.8 Å². The van der Waals surface area contributed by atoms with Crippen LogP contribution in [0.15, 0.2) is 59.1 Å². The zero-order chi connectivity index (χ0) is 23.8. The molecule has 34 heavy (non-hydrogen) atoms. The van der Waals surface area contributed by atoms with Crippen molar-refractivity contribution in [1.29, 1.82) is 0 Å². The van der Waals surface area contributed by atoms with Gasteiger partial charge in [0.15, 0.2) is 0 Å². The standard InChI is InChI=1S/C27H23BrClNO4/c28-23-13-21-19(14-30(26(21)31)20-6-1-2-7-20)12-25(23)34-15-16-4-3-5-17(10-16)18-8-9-24(29)22(11-18)27(32)33/h3-5,8-13,20H,1-2,6-7,14-15H2,(H,32,33). The molecule has 0 aromatic heterocycles. The molecular weight excluding hydrogens is 518 g/mol. The van der Waals surface area contributed by atoms with E-state index in [2.05, 4.69) is 15.9 Å². The van der Waals surface area contributed by atoms with Crippen LogP contribution < -0.4 is 4.74 Å². The summed E-state index contributed by atoms with van der Waals surface area (Å²) >= 11 is 9.58. The molecule has 1 aliphatic carbocycles. The van der Waals surface area contributed by atoms with E-state index in [-0.39, 0.29) is 16.5 Å². The number of hydrogen-bond donors (Lipinski definition) is 1. The first kappa shape index (κ1) is 22.9. The molecule has 0 atom stereocenters. The predicted octanol–water partition coefficient (Wildman–Crippen LogP) is 6.95. The summed E-state index contributed by atoms with van der Waals surface area (Å²) in [5.74, 6) is -0.242. The SMILES string of the molecule is O=C(O)c1cc(-c2cccc(COc3cc4c(cc3Br)C(=O)N(C3CCCC3)C4)c2)ccc1Cl. The first-order valence-electron chi connectivity index (χ1n) is 11.3. The Kier molecular flexibility index (Phi) is 6.36. The summed E-state index contributed by atoms with van der Waals surface area (Å²) < 4.78 is 6.88. The van der Waals surface area contributed by atoms with Crippen LogP contribution in [0, 0.1) is 0 Å². The minimum absolute atomic E-state index is 0.0732. The van der Waals surface area contributed by atoms with Crippen molar-refractivity contribution >= 4 is 39.4 Å². The van der Waals surface area contributed by atoms with Gasteiger partial charge in [-0.15, -0.1) is 0 Å². The number of ether oxygens (including phenoxy) is 1. The van der Waals surface area contributed by atoms with Gasteiger partial charge in [-0.2, -0.15) is 0 Å². The molecule has 1 N–H and O–H groups in total. The van der Waals surface area contributed by atoms with Gasteiger partial charge in [-0.1, -0.05) is 48.7 Å². The van der Waals surface area contributed by atoms with Crippen LogP contribution in [0.5, 0.6) is 5.75 Å². The fraction of sp³-hybridized carbons (Fsp3) is 0.259. The maximum absolute atomic E-state index is 12.9. The number of carboxylic acids is 1. The van der Waals surface area contributed by atoms with E-state index < -0.39 is 5.97 Å². The third kappa shape index (κ3) is 4.44. The fourth-order valence-corrected chi connectivity index (χ4v) is 5.48. The van der Waals surface area contributed by atoms with E-state index in [4.69, 9.17) is 16.3 Å². The van der Waals surface area contributed by atoms with Gasteiger partial charge in [0, 0.05) is 18.2 Å². The molecule has 0 saturated heterocycles. The predicted molar refractivity (Wildman–Crippen MR) is 134 cm³/mol. The molecule has 5 rings (SSSR count). The highest BCUT2D eigenvalue weighted by atomic mass is 79.9. The number of benzene rings is 3. The normalized spacial score (nSPS) is 15.6. The molecule has 7 heteroatoms. The minimum Gasteiger partial charge on any atom is -0.488 e. The number of hydrogen-bond acceptors (Lipinski definition) is 3. The number of amides is 1. The van der Waals surface area contributed by atoms with Crippen molar-refractivity contribution in [2.75, 3.05) is 0 Å². The number of aromatic carboxylic acids is 1. The zero-order valence-electron chi connectivity index (χ0n) is 18.4. The molecule has 3 aromatic rings. The lowest BCUT2D eigenvalue weighted by Gasteiger charge is -2.23. The summed E-state index contributed by atoms with van der Waals surface area (Å²) in [6.45, 7) is 0.978. The molecule has 1 heterocycles. The summed E-state index contributed by atoms with van der Waals surface area (Å²) in [5, 5.41) is 9.57. The summed E-state index contributed by atoms with van der Waals surface area (Å²) in [5.41, 5.74) is 4.43. The Morgan fingerprint density at radius 1 is 1.09 bits per heavy atom. The van der Waals surface area contributed by atoms with Crippen molar-refractivity contribution in [3.8, 4) is 16.9 Å². The number of rotatable bonds is 6. The van der Waals surface area contributed by atoms with Crippen molar-refractivity contribution < 1.29 is 19.4 Å². The maximum Gasteiger partial charge on any atom is 0.337 e. The number of carbonyl (C=O) groups is 2. The van der Waals surface area contributed by atoms with E-state index in [0.717, 1.165) is 45.1 Å². The Labute approximate surface area is 211 Å². The summed E-state index contributed by atoms with van der Waals surface area (Å²) in [6, 6.07) is 16.9. The van der Waals surface area contributed by atoms with E-state index in [1.54, 1.807) is 18.2 Å². The van der Waals surface area contributed by atoms with Gasteiger partial charge in [-0.05, 0) is 81.4 Å². The van der Waals surface area contributed by atoms with E-state index in [0.29, 0.717) is 24.9 Å². The average molecular weight is 541 g/mol. The summed E-state index contributed by atoms with van der Waals surface area (Å²) in [4.78, 5) is 26.3. The number of nitrogens with zero attached hydrogens (tertiary/aromatic N) is 1. The number of fused-ring (bicyclic) bond motifs is 1. The third-order valence-corrected chi connectivity index (χ3v) is 7.56. The second-order valence-corrected chi connectivity index (χ2v) is 10.1. The van der Waals surface area contributed by atoms with Gasteiger partial charge in [0.1, 0.15) is 12.4 Å². The smallest absolute Gasteiger partial charge is 0.337 e. The molecule has 1 fully saturated rings. The number of carbonyl (C=O) groups excluding carboxylic acids is 1. The minimum atomic E-state index is -1.06. The lowest BCUT2D eigenvalue weighted by atomic mass is 10.0. The Hall–Kier alpha value is -2.83. The first-order chi connectivity index (χ1) is 16.4. The largest absolute Gasteiger partial charge is 0.488 e. The van der Waals surface area contributed by atoms with E-state index in [1.165, 1.54) is 12.8 Å². The van der Waals surface area contributed by atoms with Crippen molar-refractivity contribution in [1.82, 2.24) is 4.90 Å². The molecule has 0 bridgehead atoms. The quantitative estimate of drug-likeness (QED) is 0.368. The lowest BCUT2D eigenvalue weighted by Crippen LogP contribution is -2.33. The second kappa shape index (κ2) is 9.43. The van der Waals surface area contributed by atoms with Crippen molar-refractivity contribution in [2.45, 2.75) is 44.9 Å². The highest BCUT2D eigenvalue weighted by Crippen LogP contribution is 2.37. The Morgan fingerprint density at radius 2 is 1.85 bits per heavy atom. The van der Waals surface area contributed by atoms with Crippen LogP contribution in [0.4, 0.5) is 0 Å². The molecule has 0 unspecified atom stereocenters. The molecule has 174 valence electrons. The van der Waals surface area contributed by atoms with Gasteiger partial charge in [-0.3, -0.25) is 4.79 Å². The molecular formula is C27H23BrClNO4. The van der Waals surface area contributed by atoms with Crippen molar-refractivity contribution in [3.05, 3.63) is 86.3 Å². The molecule has 0 spiro atoms. The Morgan fingerprint density at radius 3 is 2.62 bits per heavy atom. The van der Waals surface area contributed by atoms with E-state index in [9.17, 15) is 14.7 Å². The number of halogens is 2. The van der Waals surface area contributed by atoms with Crippen molar-refractivity contribution in [3.63, 3.8) is 0 Å².